The normalized spacial score (nSPS) is 10.2. The number of hydrogen-bond donors (Lipinski definition) is 1. The molecule has 0 spiro atoms. The van der Waals surface area contributed by atoms with Crippen molar-refractivity contribution in [3.63, 3.8) is 0 Å². The Kier molecular flexibility index (Phi) is 4.87. The van der Waals surface area contributed by atoms with Crippen molar-refractivity contribution in [2.75, 3.05) is 13.7 Å². The van der Waals surface area contributed by atoms with E-state index in [0.29, 0.717) is 23.6 Å². The van der Waals surface area contributed by atoms with E-state index < -0.39 is 0 Å². The summed E-state index contributed by atoms with van der Waals surface area (Å²) in [5, 5.41) is 2.89. The number of ether oxygens (including phenoxy) is 1. The number of benzene rings is 1. The van der Waals surface area contributed by atoms with Gasteiger partial charge in [0.15, 0.2) is 0 Å². The van der Waals surface area contributed by atoms with Crippen LogP contribution in [0.2, 0.25) is 0 Å². The minimum atomic E-state index is -0.138. The fourth-order valence-corrected chi connectivity index (χ4v) is 2.01. The summed E-state index contributed by atoms with van der Waals surface area (Å²) in [5.74, 6) is 1.36. The van der Waals surface area contributed by atoms with Crippen molar-refractivity contribution >= 4 is 5.91 Å². The van der Waals surface area contributed by atoms with Crippen molar-refractivity contribution in [2.24, 2.45) is 0 Å². The number of rotatable bonds is 5. The number of carbonyl (C=O) groups excluding carboxylic acids is 1. The van der Waals surface area contributed by atoms with Crippen LogP contribution in [0.4, 0.5) is 0 Å². The molecule has 0 fully saturated rings. The van der Waals surface area contributed by atoms with Crippen molar-refractivity contribution in [2.45, 2.75) is 20.3 Å². The van der Waals surface area contributed by atoms with Gasteiger partial charge in [0.1, 0.15) is 11.6 Å². The summed E-state index contributed by atoms with van der Waals surface area (Å²) in [6.07, 6.45) is 2.34. The fraction of sp³-hybridized carbons (Fsp3) is 0.312. The number of aryl methyl sites for hydroxylation is 2. The highest BCUT2D eigenvalue weighted by Gasteiger charge is 2.10. The van der Waals surface area contributed by atoms with Crippen LogP contribution in [0.1, 0.15) is 27.4 Å². The average Bonchev–Trinajstić information content (AvgIpc) is 2.47. The zero-order valence-electron chi connectivity index (χ0n) is 12.5. The predicted octanol–water partition coefficient (Wildman–Crippen LogP) is 2.07. The summed E-state index contributed by atoms with van der Waals surface area (Å²) < 4.78 is 5.11. The second-order valence-electron chi connectivity index (χ2n) is 4.77. The molecule has 0 radical (unpaired) electrons. The Hall–Kier alpha value is -2.43. The first-order valence-corrected chi connectivity index (χ1v) is 6.81. The van der Waals surface area contributed by atoms with Crippen LogP contribution in [0.15, 0.2) is 30.5 Å². The van der Waals surface area contributed by atoms with Crippen molar-refractivity contribution in [1.82, 2.24) is 15.3 Å². The lowest BCUT2D eigenvalue weighted by atomic mass is 10.1. The highest BCUT2D eigenvalue weighted by atomic mass is 16.5. The number of amides is 1. The monoisotopic (exact) mass is 285 g/mol. The smallest absolute Gasteiger partial charge is 0.254 e. The predicted molar refractivity (Wildman–Crippen MR) is 80.5 cm³/mol. The largest absolute Gasteiger partial charge is 0.497 e. The number of methoxy groups -OCH3 is 1. The third-order valence-corrected chi connectivity index (χ3v) is 3.20. The van der Waals surface area contributed by atoms with E-state index in [0.717, 1.165) is 17.7 Å². The minimum Gasteiger partial charge on any atom is -0.497 e. The number of aromatic nitrogens is 2. The Balaban J connectivity index is 1.88. The van der Waals surface area contributed by atoms with Gasteiger partial charge in [0.2, 0.25) is 0 Å². The molecule has 1 aromatic heterocycles. The molecule has 1 N–H and O–H groups in total. The maximum absolute atomic E-state index is 12.1. The molecule has 1 aromatic carbocycles. The van der Waals surface area contributed by atoms with E-state index in [1.807, 2.05) is 31.2 Å². The van der Waals surface area contributed by atoms with Crippen LogP contribution in [-0.4, -0.2) is 29.5 Å². The summed E-state index contributed by atoms with van der Waals surface area (Å²) in [6, 6.07) is 7.81. The Bertz CT molecular complexity index is 624. The Labute approximate surface area is 124 Å². The first kappa shape index (κ1) is 15.0. The molecule has 110 valence electrons. The average molecular weight is 285 g/mol. The first-order valence-electron chi connectivity index (χ1n) is 6.81. The van der Waals surface area contributed by atoms with Crippen LogP contribution in [0.5, 0.6) is 5.75 Å². The summed E-state index contributed by atoms with van der Waals surface area (Å²) in [5.41, 5.74) is 2.37. The quantitative estimate of drug-likeness (QED) is 0.913. The molecule has 0 unspecified atom stereocenters. The summed E-state index contributed by atoms with van der Waals surface area (Å²) in [6.45, 7) is 4.18. The second kappa shape index (κ2) is 6.83. The minimum absolute atomic E-state index is 0.138. The molecule has 0 saturated carbocycles. The maximum atomic E-state index is 12.1. The van der Waals surface area contributed by atoms with Gasteiger partial charge in [0.25, 0.3) is 5.91 Å². The molecule has 0 bridgehead atoms. The lowest BCUT2D eigenvalue weighted by Crippen LogP contribution is -2.27. The first-order chi connectivity index (χ1) is 10.1. The topological polar surface area (TPSA) is 64.1 Å². The van der Waals surface area contributed by atoms with Gasteiger partial charge in [0, 0.05) is 12.7 Å². The van der Waals surface area contributed by atoms with Gasteiger partial charge in [-0.05, 0) is 38.0 Å². The number of nitrogens with zero attached hydrogens (tertiary/aromatic N) is 2. The van der Waals surface area contributed by atoms with Gasteiger partial charge in [0.05, 0.1) is 18.4 Å². The highest BCUT2D eigenvalue weighted by molar-refractivity contribution is 5.94. The Morgan fingerprint density at radius 2 is 1.95 bits per heavy atom. The molecule has 21 heavy (non-hydrogen) atoms. The van der Waals surface area contributed by atoms with E-state index in [-0.39, 0.29) is 5.91 Å². The van der Waals surface area contributed by atoms with Crippen molar-refractivity contribution in [1.29, 1.82) is 0 Å². The van der Waals surface area contributed by atoms with Gasteiger partial charge in [-0.2, -0.15) is 0 Å². The van der Waals surface area contributed by atoms with E-state index in [1.54, 1.807) is 20.2 Å². The lowest BCUT2D eigenvalue weighted by molar-refractivity contribution is 0.0952. The number of hydrogen-bond acceptors (Lipinski definition) is 4. The molecule has 0 aliphatic rings. The molecule has 0 aliphatic heterocycles. The van der Waals surface area contributed by atoms with Crippen LogP contribution in [0.3, 0.4) is 0 Å². The summed E-state index contributed by atoms with van der Waals surface area (Å²) >= 11 is 0. The van der Waals surface area contributed by atoms with Crippen LogP contribution in [0.25, 0.3) is 0 Å². The molecule has 5 heteroatoms. The van der Waals surface area contributed by atoms with Crippen molar-refractivity contribution < 1.29 is 9.53 Å². The van der Waals surface area contributed by atoms with Crippen LogP contribution in [0, 0.1) is 13.8 Å². The summed E-state index contributed by atoms with van der Waals surface area (Å²) in [4.78, 5) is 20.3. The second-order valence-corrected chi connectivity index (χ2v) is 4.77. The van der Waals surface area contributed by atoms with E-state index in [9.17, 15) is 4.79 Å². The fourth-order valence-electron chi connectivity index (χ4n) is 2.01. The standard InChI is InChI=1S/C16H19N3O2/c1-11-15(10-18-12(2)19-11)16(20)17-9-8-13-4-6-14(21-3)7-5-13/h4-7,10H,8-9H2,1-3H3,(H,17,20). The molecule has 2 aromatic rings. The Morgan fingerprint density at radius 1 is 1.24 bits per heavy atom. The molecule has 1 amide bonds. The van der Waals surface area contributed by atoms with Gasteiger partial charge in [-0.1, -0.05) is 12.1 Å². The lowest BCUT2D eigenvalue weighted by Gasteiger charge is -2.08. The Morgan fingerprint density at radius 3 is 2.57 bits per heavy atom. The SMILES string of the molecule is COc1ccc(CCNC(=O)c2cnc(C)nc2C)cc1. The van der Waals surface area contributed by atoms with E-state index in [2.05, 4.69) is 15.3 Å². The van der Waals surface area contributed by atoms with Crippen LogP contribution >= 0.6 is 0 Å². The van der Waals surface area contributed by atoms with E-state index in [4.69, 9.17) is 4.74 Å². The summed E-state index contributed by atoms with van der Waals surface area (Å²) in [7, 11) is 1.64. The van der Waals surface area contributed by atoms with Crippen LogP contribution in [-0.2, 0) is 6.42 Å². The molecule has 0 atom stereocenters. The zero-order valence-corrected chi connectivity index (χ0v) is 12.5. The zero-order chi connectivity index (χ0) is 15.2. The molecule has 2 rings (SSSR count). The van der Waals surface area contributed by atoms with Gasteiger partial charge in [-0.25, -0.2) is 9.97 Å². The van der Waals surface area contributed by atoms with Crippen molar-refractivity contribution in [3.8, 4) is 5.75 Å². The molecule has 5 nitrogen and oxygen atoms in total. The maximum Gasteiger partial charge on any atom is 0.254 e. The van der Waals surface area contributed by atoms with Gasteiger partial charge >= 0.3 is 0 Å². The van der Waals surface area contributed by atoms with Crippen molar-refractivity contribution in [3.05, 3.63) is 53.1 Å². The third-order valence-electron chi connectivity index (χ3n) is 3.20. The molecule has 0 aliphatic carbocycles. The third kappa shape index (κ3) is 4.02. The molecular formula is C16H19N3O2. The van der Waals surface area contributed by atoms with E-state index in [1.165, 1.54) is 0 Å². The van der Waals surface area contributed by atoms with Crippen LogP contribution < -0.4 is 10.1 Å². The number of carbonyl (C=O) groups is 1. The van der Waals surface area contributed by atoms with Gasteiger partial charge < -0.3 is 10.1 Å². The highest BCUT2D eigenvalue weighted by Crippen LogP contribution is 2.11. The van der Waals surface area contributed by atoms with Gasteiger partial charge in [-0.3, -0.25) is 4.79 Å². The van der Waals surface area contributed by atoms with Gasteiger partial charge in [-0.15, -0.1) is 0 Å². The molecule has 0 saturated heterocycles. The number of nitrogens with one attached hydrogen (secondary N) is 1. The molecule has 1 heterocycles. The van der Waals surface area contributed by atoms with E-state index >= 15 is 0 Å². The molecular weight excluding hydrogens is 266 g/mol.